The standard InChI is InChI=1S/C25H24Cl2N2O5S/c1-2-17(14-25-29(10-4-11-29)21-16-19(27)6-8-23(21)34-25)13-24-28(9-3-12-35(30,31)32)20-15-18(26)5-7-22(20)33-24/h5-8,10,13-16H,2-4,9,11-12H2,1H3/q+1/p+1/b17-13?,25-14+. The molecule has 183 valence electrons. The monoisotopic (exact) mass is 535 g/mol. The van der Waals surface area contributed by atoms with Gasteiger partial charge in [0.2, 0.25) is 5.58 Å². The van der Waals surface area contributed by atoms with Gasteiger partial charge in [-0.2, -0.15) is 13.0 Å². The molecule has 3 heterocycles. The van der Waals surface area contributed by atoms with Crippen LogP contribution in [0, 0.1) is 6.54 Å². The highest BCUT2D eigenvalue weighted by Crippen LogP contribution is 2.51. The van der Waals surface area contributed by atoms with Gasteiger partial charge < -0.3 is 9.15 Å². The molecular formula is C25H25Cl2N2O5S+2. The van der Waals surface area contributed by atoms with Crippen molar-refractivity contribution in [1.82, 2.24) is 4.48 Å². The zero-order valence-corrected chi connectivity index (χ0v) is 21.4. The predicted octanol–water partition coefficient (Wildman–Crippen LogP) is 5.91. The lowest BCUT2D eigenvalue weighted by Crippen LogP contribution is -2.53. The van der Waals surface area contributed by atoms with Crippen LogP contribution >= 0.6 is 23.2 Å². The number of benzene rings is 2. The zero-order chi connectivity index (χ0) is 24.8. The van der Waals surface area contributed by atoms with Gasteiger partial charge in [-0.25, -0.2) is 4.48 Å². The third kappa shape index (κ3) is 4.73. The van der Waals surface area contributed by atoms with Crippen molar-refractivity contribution < 1.29 is 26.7 Å². The maximum Gasteiger partial charge on any atom is 0.374 e. The van der Waals surface area contributed by atoms with Crippen molar-refractivity contribution in [1.29, 1.82) is 0 Å². The fourth-order valence-corrected chi connectivity index (χ4v) is 5.36. The molecule has 1 atom stereocenters. The van der Waals surface area contributed by atoms with Crippen molar-refractivity contribution in [2.75, 3.05) is 12.3 Å². The van der Waals surface area contributed by atoms with Crippen molar-refractivity contribution in [3.63, 3.8) is 0 Å². The summed E-state index contributed by atoms with van der Waals surface area (Å²) in [6.45, 7) is 5.49. The topological polar surface area (TPSA) is 80.6 Å². The molecule has 1 N–H and O–H groups in total. The van der Waals surface area contributed by atoms with Gasteiger partial charge in [-0.15, -0.1) is 0 Å². The molecule has 7 nitrogen and oxygen atoms in total. The molecule has 2 aliphatic heterocycles. The van der Waals surface area contributed by atoms with E-state index in [0.717, 1.165) is 41.4 Å². The summed E-state index contributed by atoms with van der Waals surface area (Å²) in [5.41, 5.74) is 3.39. The van der Waals surface area contributed by atoms with E-state index in [4.69, 9.17) is 36.9 Å². The van der Waals surface area contributed by atoms with Crippen molar-refractivity contribution in [2.45, 2.75) is 32.7 Å². The van der Waals surface area contributed by atoms with Crippen LogP contribution in [0.25, 0.3) is 17.2 Å². The van der Waals surface area contributed by atoms with E-state index in [1.165, 1.54) is 0 Å². The van der Waals surface area contributed by atoms with E-state index < -0.39 is 10.1 Å². The van der Waals surface area contributed by atoms with E-state index in [2.05, 4.69) is 6.54 Å². The predicted molar refractivity (Wildman–Crippen MR) is 136 cm³/mol. The Kier molecular flexibility index (Phi) is 6.44. The average molecular weight is 536 g/mol. The number of hydrogen-bond acceptors (Lipinski definition) is 4. The highest BCUT2D eigenvalue weighted by molar-refractivity contribution is 7.85. The van der Waals surface area contributed by atoms with Gasteiger partial charge in [0.1, 0.15) is 0 Å². The van der Waals surface area contributed by atoms with E-state index in [0.29, 0.717) is 39.0 Å². The second-order valence-electron chi connectivity index (χ2n) is 8.68. The second kappa shape index (κ2) is 9.26. The maximum atomic E-state index is 11.2. The van der Waals surface area contributed by atoms with Crippen molar-refractivity contribution in [3.05, 3.63) is 76.4 Å². The molecule has 0 amide bonds. The minimum absolute atomic E-state index is 0.224. The molecule has 1 unspecified atom stereocenters. The number of oxazole rings is 1. The minimum atomic E-state index is -4.06. The first kappa shape index (κ1) is 24.3. The van der Waals surface area contributed by atoms with E-state index in [1.807, 2.05) is 41.8 Å². The van der Waals surface area contributed by atoms with Gasteiger partial charge in [0.05, 0.1) is 24.8 Å². The molecule has 0 saturated carbocycles. The Hall–Kier alpha value is -2.36. The quantitative estimate of drug-likeness (QED) is 0.231. The van der Waals surface area contributed by atoms with Gasteiger partial charge >= 0.3 is 11.8 Å². The van der Waals surface area contributed by atoms with Gasteiger partial charge in [0, 0.05) is 34.7 Å². The molecule has 3 aromatic rings. The Bertz CT molecular complexity index is 1470. The molecule has 1 radical (unpaired) electrons. The van der Waals surface area contributed by atoms with Crippen molar-refractivity contribution in [3.8, 4) is 5.75 Å². The molecule has 1 spiro atoms. The SMILES string of the molecule is CCC(=Cc1oc2ccc(Cl)cc2[n+]1CCCS(=O)(=O)O)/C=C1/Oc2ccc(Cl)cc2[N+]12[CH]CC2. The lowest BCUT2D eigenvalue weighted by Gasteiger charge is -2.38. The Morgan fingerprint density at radius 1 is 1.20 bits per heavy atom. The van der Waals surface area contributed by atoms with E-state index in [-0.39, 0.29) is 12.2 Å². The number of fused-ring (bicyclic) bond motifs is 3. The normalized spacial score (nSPS) is 18.2. The molecule has 1 saturated heterocycles. The van der Waals surface area contributed by atoms with Gasteiger partial charge in [-0.05, 0) is 36.3 Å². The Morgan fingerprint density at radius 2 is 1.94 bits per heavy atom. The molecule has 0 aliphatic carbocycles. The van der Waals surface area contributed by atoms with Gasteiger partial charge in [-0.1, -0.05) is 30.1 Å². The lowest BCUT2D eigenvalue weighted by atomic mass is 10.1. The van der Waals surface area contributed by atoms with Gasteiger partial charge in [0.25, 0.3) is 15.6 Å². The Morgan fingerprint density at radius 3 is 2.63 bits per heavy atom. The van der Waals surface area contributed by atoms with E-state index in [1.54, 1.807) is 18.2 Å². The number of rotatable bonds is 7. The Balaban J connectivity index is 1.54. The summed E-state index contributed by atoms with van der Waals surface area (Å²) in [5.74, 6) is 1.82. The molecule has 1 fully saturated rings. The molecule has 2 aromatic carbocycles. The third-order valence-corrected chi connectivity index (χ3v) is 7.66. The van der Waals surface area contributed by atoms with Crippen LogP contribution < -0.4 is 13.8 Å². The van der Waals surface area contributed by atoms with Crippen molar-refractivity contribution >= 4 is 56.2 Å². The summed E-state index contributed by atoms with van der Waals surface area (Å²) in [6, 6.07) is 11.0. The van der Waals surface area contributed by atoms with Crippen LogP contribution in [-0.4, -0.2) is 25.3 Å². The largest absolute Gasteiger partial charge is 0.406 e. The van der Waals surface area contributed by atoms with Crippen LogP contribution in [0.1, 0.15) is 32.1 Å². The number of quaternary nitrogens is 1. The zero-order valence-electron chi connectivity index (χ0n) is 19.1. The molecule has 1 aromatic heterocycles. The van der Waals surface area contributed by atoms with Crippen LogP contribution in [0.3, 0.4) is 0 Å². The summed E-state index contributed by atoms with van der Waals surface area (Å²) in [7, 11) is -4.06. The average Bonchev–Trinajstić information content (AvgIpc) is 3.26. The number of halogens is 2. The minimum Gasteiger partial charge on any atom is -0.406 e. The fraction of sp³-hybridized carbons (Fsp3) is 0.280. The maximum absolute atomic E-state index is 11.2. The first-order chi connectivity index (χ1) is 16.7. The Labute approximate surface area is 214 Å². The highest BCUT2D eigenvalue weighted by Gasteiger charge is 2.52. The van der Waals surface area contributed by atoms with Crippen LogP contribution in [0.5, 0.6) is 5.75 Å². The molecule has 35 heavy (non-hydrogen) atoms. The number of ether oxygens (including phenoxy) is 1. The van der Waals surface area contributed by atoms with Crippen LogP contribution in [0.15, 0.2) is 58.3 Å². The molecule has 0 bridgehead atoms. The second-order valence-corrected chi connectivity index (χ2v) is 11.1. The van der Waals surface area contributed by atoms with E-state index in [9.17, 15) is 8.42 Å². The summed E-state index contributed by atoms with van der Waals surface area (Å²) in [4.78, 5) is 0. The van der Waals surface area contributed by atoms with Gasteiger partial charge in [0.15, 0.2) is 24.5 Å². The first-order valence-electron chi connectivity index (χ1n) is 11.4. The molecule has 10 heteroatoms. The van der Waals surface area contributed by atoms with Gasteiger partial charge in [-0.3, -0.25) is 4.55 Å². The van der Waals surface area contributed by atoms with Crippen LogP contribution in [-0.2, 0) is 16.7 Å². The third-order valence-electron chi connectivity index (χ3n) is 6.38. The number of aromatic nitrogens is 1. The lowest BCUT2D eigenvalue weighted by molar-refractivity contribution is -0.677. The van der Waals surface area contributed by atoms with Crippen molar-refractivity contribution in [2.24, 2.45) is 0 Å². The molecule has 5 rings (SSSR count). The smallest absolute Gasteiger partial charge is 0.374 e. The van der Waals surface area contributed by atoms with E-state index >= 15 is 0 Å². The number of aryl methyl sites for hydroxylation is 1. The summed E-state index contributed by atoms with van der Waals surface area (Å²) in [6.07, 6.45) is 5.89. The first-order valence-corrected chi connectivity index (χ1v) is 13.7. The molecular weight excluding hydrogens is 511 g/mol. The number of hydrogen-bond donors (Lipinski definition) is 1. The number of nitrogens with zero attached hydrogens (tertiary/aromatic N) is 2. The van der Waals surface area contributed by atoms with Crippen LogP contribution in [0.2, 0.25) is 10.0 Å². The number of allylic oxidation sites excluding steroid dienone is 2. The van der Waals surface area contributed by atoms with Crippen LogP contribution in [0.4, 0.5) is 5.69 Å². The molecule has 2 aliphatic rings. The highest BCUT2D eigenvalue weighted by atomic mass is 35.5. The summed E-state index contributed by atoms with van der Waals surface area (Å²) >= 11 is 12.5. The summed E-state index contributed by atoms with van der Waals surface area (Å²) < 4.78 is 46.4. The fourth-order valence-electron chi connectivity index (χ4n) is 4.53. The summed E-state index contributed by atoms with van der Waals surface area (Å²) in [5, 5.41) is 1.22.